The summed E-state index contributed by atoms with van der Waals surface area (Å²) in [5, 5.41) is 36.5. The largest absolute Gasteiger partial charge is 0.392 e. The van der Waals surface area contributed by atoms with E-state index < -0.39 is 12.2 Å². The summed E-state index contributed by atoms with van der Waals surface area (Å²) in [5.41, 5.74) is 4.33. The van der Waals surface area contributed by atoms with Crippen molar-refractivity contribution in [1.29, 1.82) is 0 Å². The van der Waals surface area contributed by atoms with Gasteiger partial charge in [0, 0.05) is 54.1 Å². The number of fused-ring (bicyclic) bond motifs is 4. The molecule has 2 unspecified atom stereocenters. The van der Waals surface area contributed by atoms with Gasteiger partial charge < -0.3 is 20.4 Å². The molecule has 6 aromatic rings. The van der Waals surface area contributed by atoms with Crippen LogP contribution in [0.25, 0.3) is 43.1 Å². The SMILES string of the molecule is CCCCN(CCCC)c1ccc(C2C(O)C(c3ccc(NC)c4cc5ccccc5cc34)C2O)c2cc3ccccc3cc12. The van der Waals surface area contributed by atoms with Crippen molar-refractivity contribution in [3.8, 4) is 0 Å². The van der Waals surface area contributed by atoms with Crippen LogP contribution >= 0.6 is 0 Å². The lowest BCUT2D eigenvalue weighted by Gasteiger charge is -2.48. The fourth-order valence-corrected chi connectivity index (χ4v) is 7.66. The molecule has 6 aromatic carbocycles. The van der Waals surface area contributed by atoms with E-state index in [2.05, 4.69) is 121 Å². The molecule has 4 heteroatoms. The Hall–Kier alpha value is -4.12. The molecule has 7 rings (SSSR count). The molecule has 0 aliphatic heterocycles. The summed E-state index contributed by atoms with van der Waals surface area (Å²) in [6.07, 6.45) is 3.21. The summed E-state index contributed by atoms with van der Waals surface area (Å²) in [4.78, 5) is 2.55. The molecule has 230 valence electrons. The predicted molar refractivity (Wildman–Crippen MR) is 192 cm³/mol. The minimum Gasteiger partial charge on any atom is -0.392 e. The molecule has 0 radical (unpaired) electrons. The highest BCUT2D eigenvalue weighted by atomic mass is 16.3. The Labute approximate surface area is 266 Å². The summed E-state index contributed by atoms with van der Waals surface area (Å²) in [6, 6.07) is 34.5. The molecule has 1 saturated carbocycles. The lowest BCUT2D eigenvalue weighted by Crippen LogP contribution is -2.51. The quantitative estimate of drug-likeness (QED) is 0.138. The molecular weight excluding hydrogens is 552 g/mol. The number of anilines is 2. The van der Waals surface area contributed by atoms with E-state index >= 15 is 0 Å². The third-order valence-corrected chi connectivity index (χ3v) is 10.2. The average Bonchev–Trinajstić information content (AvgIpc) is 3.07. The van der Waals surface area contributed by atoms with Crippen molar-refractivity contribution < 1.29 is 10.2 Å². The monoisotopic (exact) mass is 596 g/mol. The summed E-state index contributed by atoms with van der Waals surface area (Å²) in [6.45, 7) is 6.55. The van der Waals surface area contributed by atoms with Crippen LogP contribution in [0.5, 0.6) is 0 Å². The van der Waals surface area contributed by atoms with Crippen LogP contribution in [0, 0.1) is 0 Å². The summed E-state index contributed by atoms with van der Waals surface area (Å²) >= 11 is 0. The highest BCUT2D eigenvalue weighted by Crippen LogP contribution is 2.52. The number of nitrogens with zero attached hydrogens (tertiary/aromatic N) is 1. The van der Waals surface area contributed by atoms with E-state index in [-0.39, 0.29) is 11.8 Å². The first-order valence-corrected chi connectivity index (χ1v) is 16.7. The van der Waals surface area contributed by atoms with Crippen LogP contribution in [0.4, 0.5) is 11.4 Å². The molecular formula is C41H44N2O2. The van der Waals surface area contributed by atoms with Gasteiger partial charge in [0.05, 0.1) is 12.2 Å². The van der Waals surface area contributed by atoms with E-state index in [0.717, 1.165) is 77.1 Å². The zero-order chi connectivity index (χ0) is 31.1. The molecule has 0 bridgehead atoms. The maximum absolute atomic E-state index is 11.9. The molecule has 0 amide bonds. The molecule has 45 heavy (non-hydrogen) atoms. The Balaban J connectivity index is 1.33. The topological polar surface area (TPSA) is 55.7 Å². The van der Waals surface area contributed by atoms with Gasteiger partial charge in [0.15, 0.2) is 0 Å². The standard InChI is InChI=1S/C41H44N2O2/c1-4-6-20-43(21-7-5-2)37-19-17-31(33-23-27-13-9-11-15-29(27)25-35(33)37)39-40(44)38(41(39)45)30-16-18-36(42-3)34-24-28-14-10-8-12-26(28)22-32(30)34/h8-19,22-25,38-42,44-45H,4-7,20-21H2,1-3H3. The summed E-state index contributed by atoms with van der Waals surface area (Å²) in [7, 11) is 1.94. The van der Waals surface area contributed by atoms with Crippen molar-refractivity contribution in [3.05, 3.63) is 108 Å². The van der Waals surface area contributed by atoms with Crippen LogP contribution in [0.2, 0.25) is 0 Å². The van der Waals surface area contributed by atoms with Gasteiger partial charge in [-0.25, -0.2) is 0 Å². The number of hydrogen-bond acceptors (Lipinski definition) is 4. The summed E-state index contributed by atoms with van der Waals surface area (Å²) < 4.78 is 0. The zero-order valence-corrected chi connectivity index (χ0v) is 26.6. The smallest absolute Gasteiger partial charge is 0.0727 e. The van der Waals surface area contributed by atoms with Gasteiger partial charge >= 0.3 is 0 Å². The third kappa shape index (κ3) is 5.10. The van der Waals surface area contributed by atoms with E-state index in [1.54, 1.807) is 0 Å². The van der Waals surface area contributed by atoms with Gasteiger partial charge in [-0.15, -0.1) is 0 Å². The Bertz CT molecular complexity index is 1980. The third-order valence-electron chi connectivity index (χ3n) is 10.2. The van der Waals surface area contributed by atoms with E-state index in [1.165, 1.54) is 27.2 Å². The minimum absolute atomic E-state index is 0.369. The lowest BCUT2D eigenvalue weighted by atomic mass is 9.62. The van der Waals surface area contributed by atoms with Gasteiger partial charge in [-0.1, -0.05) is 87.4 Å². The second-order valence-corrected chi connectivity index (χ2v) is 12.8. The summed E-state index contributed by atoms with van der Waals surface area (Å²) in [5.74, 6) is -0.739. The van der Waals surface area contributed by atoms with Crippen LogP contribution < -0.4 is 10.2 Å². The fraction of sp³-hybridized carbons (Fsp3) is 0.317. The number of benzene rings is 6. The van der Waals surface area contributed by atoms with Crippen molar-refractivity contribution in [1.82, 2.24) is 0 Å². The van der Waals surface area contributed by atoms with Gasteiger partial charge in [-0.3, -0.25) is 0 Å². The molecule has 0 spiro atoms. The van der Waals surface area contributed by atoms with Crippen molar-refractivity contribution in [2.24, 2.45) is 0 Å². The fourth-order valence-electron chi connectivity index (χ4n) is 7.66. The molecule has 2 atom stereocenters. The average molecular weight is 597 g/mol. The second kappa shape index (κ2) is 12.3. The molecule has 4 nitrogen and oxygen atoms in total. The van der Waals surface area contributed by atoms with E-state index in [9.17, 15) is 10.2 Å². The van der Waals surface area contributed by atoms with Gasteiger partial charge in [-0.2, -0.15) is 0 Å². The van der Waals surface area contributed by atoms with E-state index in [1.807, 2.05) is 7.05 Å². The van der Waals surface area contributed by atoms with Gasteiger partial charge in [0.25, 0.3) is 0 Å². The number of aliphatic hydroxyl groups is 2. The Morgan fingerprint density at radius 2 is 1.02 bits per heavy atom. The molecule has 1 aliphatic carbocycles. The maximum atomic E-state index is 11.9. The van der Waals surface area contributed by atoms with E-state index in [0.29, 0.717) is 0 Å². The first-order chi connectivity index (χ1) is 22.0. The number of aliphatic hydroxyl groups excluding tert-OH is 2. The highest BCUT2D eigenvalue weighted by molar-refractivity contribution is 6.07. The number of hydrogen-bond donors (Lipinski definition) is 3. The number of rotatable bonds is 10. The minimum atomic E-state index is -0.702. The molecule has 1 aliphatic rings. The van der Waals surface area contributed by atoms with Crippen molar-refractivity contribution >= 4 is 54.5 Å². The molecule has 0 aromatic heterocycles. The van der Waals surface area contributed by atoms with Gasteiger partial charge in [0.1, 0.15) is 0 Å². The number of unbranched alkanes of at least 4 members (excludes halogenated alkanes) is 2. The van der Waals surface area contributed by atoms with Gasteiger partial charge in [0.2, 0.25) is 0 Å². The van der Waals surface area contributed by atoms with E-state index in [4.69, 9.17) is 0 Å². The predicted octanol–water partition coefficient (Wildman–Crippen LogP) is 9.35. The lowest BCUT2D eigenvalue weighted by molar-refractivity contribution is -0.0775. The normalized spacial score (nSPS) is 19.8. The van der Waals surface area contributed by atoms with Crippen LogP contribution in [0.15, 0.2) is 97.1 Å². The molecule has 3 N–H and O–H groups in total. The molecule has 0 saturated heterocycles. The van der Waals surface area contributed by atoms with Crippen molar-refractivity contribution in [2.75, 3.05) is 30.4 Å². The maximum Gasteiger partial charge on any atom is 0.0727 e. The second-order valence-electron chi connectivity index (χ2n) is 12.8. The Morgan fingerprint density at radius 1 is 0.578 bits per heavy atom. The first kappa shape index (κ1) is 29.6. The zero-order valence-electron chi connectivity index (χ0n) is 26.6. The Morgan fingerprint density at radius 3 is 1.51 bits per heavy atom. The van der Waals surface area contributed by atoms with Crippen LogP contribution in [-0.4, -0.2) is 42.6 Å². The number of nitrogens with one attached hydrogen (secondary N) is 1. The van der Waals surface area contributed by atoms with Crippen molar-refractivity contribution in [2.45, 2.75) is 63.6 Å². The van der Waals surface area contributed by atoms with Crippen LogP contribution in [0.3, 0.4) is 0 Å². The van der Waals surface area contributed by atoms with Crippen LogP contribution in [-0.2, 0) is 0 Å². The highest BCUT2D eigenvalue weighted by Gasteiger charge is 2.51. The van der Waals surface area contributed by atoms with Crippen LogP contribution in [0.1, 0.15) is 62.5 Å². The molecule has 0 heterocycles. The first-order valence-electron chi connectivity index (χ1n) is 16.7. The van der Waals surface area contributed by atoms with Crippen molar-refractivity contribution in [3.63, 3.8) is 0 Å². The van der Waals surface area contributed by atoms with Gasteiger partial charge in [-0.05, 0) is 92.7 Å². The Kier molecular flexibility index (Phi) is 8.12. The molecule has 1 fully saturated rings.